The van der Waals surface area contributed by atoms with Gasteiger partial charge in [-0.25, -0.2) is 4.39 Å². The molecule has 1 heterocycles. The van der Waals surface area contributed by atoms with E-state index >= 15 is 0 Å². The summed E-state index contributed by atoms with van der Waals surface area (Å²) in [6.45, 7) is 0.912. The van der Waals surface area contributed by atoms with Gasteiger partial charge in [0.1, 0.15) is 5.67 Å². The lowest BCUT2D eigenvalue weighted by Gasteiger charge is -2.15. The van der Waals surface area contributed by atoms with Crippen LogP contribution in [0.1, 0.15) is 12.8 Å². The Morgan fingerprint density at radius 1 is 1.75 bits per heavy atom. The van der Waals surface area contributed by atoms with Gasteiger partial charge in [-0.2, -0.15) is 0 Å². The highest BCUT2D eigenvalue weighted by Gasteiger charge is 2.36. The average Bonchev–Trinajstić information content (AvgIpc) is 2.36. The second-order valence-electron chi connectivity index (χ2n) is 2.83. The second kappa shape index (κ2) is 4.62. The van der Waals surface area contributed by atoms with Crippen molar-refractivity contribution in [2.24, 2.45) is 0 Å². The fourth-order valence-corrected chi connectivity index (χ4v) is 1.19. The highest BCUT2D eigenvalue weighted by molar-refractivity contribution is 5.85. The number of methoxy groups -OCH3 is 1. The standard InChI is InChI=1S/C7H12FNO2.ClH/c1-11-6(10)4-7(8)2-3-9-5-7;/h9H,2-5H2,1H3;1H. The van der Waals surface area contributed by atoms with Gasteiger partial charge < -0.3 is 10.1 Å². The Hall–Kier alpha value is -0.350. The molecule has 0 amide bonds. The Bertz CT molecular complexity index is 159. The molecule has 1 saturated heterocycles. The van der Waals surface area contributed by atoms with E-state index in [1.807, 2.05) is 0 Å². The number of esters is 1. The quantitative estimate of drug-likeness (QED) is 0.662. The van der Waals surface area contributed by atoms with Gasteiger partial charge in [0, 0.05) is 6.54 Å². The molecule has 5 heteroatoms. The first-order valence-electron chi connectivity index (χ1n) is 3.63. The van der Waals surface area contributed by atoms with Crippen LogP contribution in [0.5, 0.6) is 0 Å². The molecule has 1 aliphatic heterocycles. The molecule has 1 rings (SSSR count). The Labute approximate surface area is 77.1 Å². The first kappa shape index (κ1) is 11.6. The highest BCUT2D eigenvalue weighted by atomic mass is 35.5. The van der Waals surface area contributed by atoms with Gasteiger partial charge in [-0.05, 0) is 13.0 Å². The van der Waals surface area contributed by atoms with Crippen LogP contribution in [0.25, 0.3) is 0 Å². The number of halogens is 2. The molecule has 1 aliphatic rings. The van der Waals surface area contributed by atoms with Crippen LogP contribution in [-0.4, -0.2) is 31.8 Å². The van der Waals surface area contributed by atoms with Crippen molar-refractivity contribution in [2.75, 3.05) is 20.2 Å². The van der Waals surface area contributed by atoms with Crippen molar-refractivity contribution in [1.82, 2.24) is 5.32 Å². The number of ether oxygens (including phenoxy) is 1. The summed E-state index contributed by atoms with van der Waals surface area (Å²) in [6, 6.07) is 0. The van der Waals surface area contributed by atoms with E-state index in [9.17, 15) is 9.18 Å². The molecule has 0 aromatic heterocycles. The number of rotatable bonds is 2. The maximum absolute atomic E-state index is 13.4. The van der Waals surface area contributed by atoms with Crippen LogP contribution in [-0.2, 0) is 9.53 Å². The lowest BCUT2D eigenvalue weighted by Crippen LogP contribution is -2.29. The van der Waals surface area contributed by atoms with Crippen molar-refractivity contribution in [3.8, 4) is 0 Å². The maximum atomic E-state index is 13.4. The molecule has 72 valence electrons. The van der Waals surface area contributed by atoms with Gasteiger partial charge in [0.15, 0.2) is 0 Å². The Balaban J connectivity index is 0.00000121. The zero-order chi connectivity index (χ0) is 8.32. The summed E-state index contributed by atoms with van der Waals surface area (Å²) in [5, 5.41) is 2.86. The predicted molar refractivity (Wildman–Crippen MR) is 45.2 cm³/mol. The second-order valence-corrected chi connectivity index (χ2v) is 2.83. The summed E-state index contributed by atoms with van der Waals surface area (Å²) in [6.07, 6.45) is 0.276. The zero-order valence-electron chi connectivity index (χ0n) is 6.93. The number of carbonyl (C=O) groups excluding carboxylic acids is 1. The molecule has 0 bridgehead atoms. The number of nitrogens with one attached hydrogen (secondary N) is 1. The molecule has 1 N–H and O–H groups in total. The average molecular weight is 198 g/mol. The fourth-order valence-electron chi connectivity index (χ4n) is 1.19. The molecular weight excluding hydrogens is 185 g/mol. The van der Waals surface area contributed by atoms with E-state index in [1.165, 1.54) is 7.11 Å². The first-order valence-corrected chi connectivity index (χ1v) is 3.63. The SMILES string of the molecule is COC(=O)CC1(F)CCNC1.Cl. The lowest BCUT2D eigenvalue weighted by molar-refractivity contribution is -0.143. The summed E-state index contributed by atoms with van der Waals surface area (Å²) in [5.74, 6) is -0.476. The van der Waals surface area contributed by atoms with Crippen molar-refractivity contribution < 1.29 is 13.9 Å². The van der Waals surface area contributed by atoms with Crippen LogP contribution < -0.4 is 5.32 Å². The molecule has 12 heavy (non-hydrogen) atoms. The van der Waals surface area contributed by atoms with Gasteiger partial charge in [0.25, 0.3) is 0 Å². The maximum Gasteiger partial charge on any atom is 0.308 e. The van der Waals surface area contributed by atoms with Gasteiger partial charge in [0.2, 0.25) is 0 Å². The van der Waals surface area contributed by atoms with E-state index in [0.29, 0.717) is 13.0 Å². The Kier molecular flexibility index (Phi) is 4.49. The monoisotopic (exact) mass is 197 g/mol. The van der Waals surface area contributed by atoms with Crippen molar-refractivity contribution in [3.05, 3.63) is 0 Å². The molecule has 0 saturated carbocycles. The number of alkyl halides is 1. The van der Waals surface area contributed by atoms with Crippen LogP contribution in [0, 0.1) is 0 Å². The van der Waals surface area contributed by atoms with E-state index in [4.69, 9.17) is 0 Å². The molecule has 1 atom stereocenters. The third-order valence-electron chi connectivity index (χ3n) is 1.88. The first-order chi connectivity index (χ1) is 5.16. The molecule has 0 radical (unpaired) electrons. The molecule has 1 unspecified atom stereocenters. The van der Waals surface area contributed by atoms with Gasteiger partial charge >= 0.3 is 5.97 Å². The summed E-state index contributed by atoms with van der Waals surface area (Å²) >= 11 is 0. The minimum absolute atomic E-state index is 0. The summed E-state index contributed by atoms with van der Waals surface area (Å²) < 4.78 is 17.8. The largest absolute Gasteiger partial charge is 0.469 e. The Morgan fingerprint density at radius 3 is 2.83 bits per heavy atom. The number of carbonyl (C=O) groups is 1. The molecule has 0 aliphatic carbocycles. The number of hydrogen-bond donors (Lipinski definition) is 1. The predicted octanol–water partition coefficient (Wildman–Crippen LogP) is 0.673. The smallest absolute Gasteiger partial charge is 0.308 e. The van der Waals surface area contributed by atoms with Crippen LogP contribution >= 0.6 is 12.4 Å². The third-order valence-corrected chi connectivity index (χ3v) is 1.88. The van der Waals surface area contributed by atoms with Crippen molar-refractivity contribution in [2.45, 2.75) is 18.5 Å². The topological polar surface area (TPSA) is 38.3 Å². The lowest BCUT2D eigenvalue weighted by atomic mass is 10.0. The van der Waals surface area contributed by atoms with Gasteiger partial charge in [0.05, 0.1) is 13.5 Å². The van der Waals surface area contributed by atoms with Crippen LogP contribution in [0.15, 0.2) is 0 Å². The number of hydrogen-bond acceptors (Lipinski definition) is 3. The van der Waals surface area contributed by atoms with E-state index in [0.717, 1.165) is 0 Å². The van der Waals surface area contributed by atoms with Crippen LogP contribution in [0.3, 0.4) is 0 Å². The Morgan fingerprint density at radius 2 is 2.42 bits per heavy atom. The molecule has 3 nitrogen and oxygen atoms in total. The molecule has 1 fully saturated rings. The van der Waals surface area contributed by atoms with Crippen molar-refractivity contribution >= 4 is 18.4 Å². The van der Waals surface area contributed by atoms with E-state index in [2.05, 4.69) is 10.1 Å². The minimum atomic E-state index is -1.37. The normalized spacial score (nSPS) is 27.8. The van der Waals surface area contributed by atoms with Crippen LogP contribution in [0.2, 0.25) is 0 Å². The third kappa shape index (κ3) is 2.95. The molecule has 0 spiro atoms. The van der Waals surface area contributed by atoms with Crippen LogP contribution in [0.4, 0.5) is 4.39 Å². The van der Waals surface area contributed by atoms with Crippen molar-refractivity contribution in [3.63, 3.8) is 0 Å². The van der Waals surface area contributed by atoms with E-state index < -0.39 is 11.6 Å². The van der Waals surface area contributed by atoms with E-state index in [-0.39, 0.29) is 25.4 Å². The van der Waals surface area contributed by atoms with Gasteiger partial charge in [-0.1, -0.05) is 0 Å². The highest BCUT2D eigenvalue weighted by Crippen LogP contribution is 2.23. The summed E-state index contributed by atoms with van der Waals surface area (Å²) in [4.78, 5) is 10.7. The summed E-state index contributed by atoms with van der Waals surface area (Å²) in [7, 11) is 1.27. The fraction of sp³-hybridized carbons (Fsp3) is 0.857. The van der Waals surface area contributed by atoms with Gasteiger partial charge in [-0.3, -0.25) is 4.79 Å². The zero-order valence-corrected chi connectivity index (χ0v) is 7.75. The molecular formula is C7H13ClFNO2. The minimum Gasteiger partial charge on any atom is -0.469 e. The summed E-state index contributed by atoms with van der Waals surface area (Å²) in [5.41, 5.74) is -1.37. The van der Waals surface area contributed by atoms with Gasteiger partial charge in [-0.15, -0.1) is 12.4 Å². The van der Waals surface area contributed by atoms with E-state index in [1.54, 1.807) is 0 Å². The molecule has 0 aromatic carbocycles. The van der Waals surface area contributed by atoms with Crippen molar-refractivity contribution in [1.29, 1.82) is 0 Å². The molecule has 0 aromatic rings.